The largest absolute Gasteiger partial charge is 0.493 e. The summed E-state index contributed by atoms with van der Waals surface area (Å²) in [5.74, 6) is 0.148. The van der Waals surface area contributed by atoms with E-state index in [2.05, 4.69) is 0 Å². The predicted molar refractivity (Wildman–Crippen MR) is 70.0 cm³/mol. The fourth-order valence-corrected chi connectivity index (χ4v) is 2.52. The molecule has 2 aromatic carbocycles. The summed E-state index contributed by atoms with van der Waals surface area (Å²) in [5, 5.41) is 0. The lowest BCUT2D eigenvalue weighted by Gasteiger charge is -2.16. The molecule has 0 radical (unpaired) electrons. The lowest BCUT2D eigenvalue weighted by atomic mass is 9.91. The first kappa shape index (κ1) is 13.9. The molecule has 0 fully saturated rings. The van der Waals surface area contributed by atoms with Crippen LogP contribution in [-0.4, -0.2) is 6.61 Å². The lowest BCUT2D eigenvalue weighted by molar-refractivity contribution is -0.137. The van der Waals surface area contributed by atoms with Gasteiger partial charge in [0.1, 0.15) is 11.9 Å². The van der Waals surface area contributed by atoms with Crippen molar-refractivity contribution < 1.29 is 22.3 Å². The van der Waals surface area contributed by atoms with Gasteiger partial charge in [-0.2, -0.15) is 13.2 Å². The second kappa shape index (κ2) is 5.06. The van der Waals surface area contributed by atoms with Gasteiger partial charge in [0.25, 0.3) is 0 Å². The molecule has 0 aliphatic carbocycles. The lowest BCUT2D eigenvalue weighted by Crippen LogP contribution is -2.10. The van der Waals surface area contributed by atoms with Gasteiger partial charge >= 0.3 is 6.18 Å². The molecule has 0 amide bonds. The molecule has 1 heterocycles. The van der Waals surface area contributed by atoms with Gasteiger partial charge in [-0.15, -0.1) is 0 Å². The second-order valence-electron chi connectivity index (χ2n) is 4.98. The van der Waals surface area contributed by atoms with Crippen LogP contribution in [0, 0.1) is 0 Å². The highest BCUT2D eigenvalue weighted by Crippen LogP contribution is 2.43. The minimum atomic E-state index is -4.41. The van der Waals surface area contributed by atoms with Crippen LogP contribution in [0.5, 0.6) is 5.75 Å². The highest BCUT2D eigenvalue weighted by atomic mass is 19.4. The number of rotatable bonds is 2. The van der Waals surface area contributed by atoms with Crippen molar-refractivity contribution >= 4 is 0 Å². The predicted octanol–water partition coefficient (Wildman–Crippen LogP) is 4.89. The average Bonchev–Trinajstić information content (AvgIpc) is 2.90. The molecule has 0 N–H and O–H groups in total. The van der Waals surface area contributed by atoms with Crippen LogP contribution in [0.15, 0.2) is 48.5 Å². The van der Waals surface area contributed by atoms with E-state index >= 15 is 0 Å². The van der Waals surface area contributed by atoms with Crippen molar-refractivity contribution in [2.45, 2.75) is 18.3 Å². The molecular weight excluding hydrogens is 284 g/mol. The first-order valence-electron chi connectivity index (χ1n) is 6.50. The van der Waals surface area contributed by atoms with E-state index < -0.39 is 23.8 Å². The van der Waals surface area contributed by atoms with E-state index in [0.29, 0.717) is 5.75 Å². The number of benzene rings is 2. The van der Waals surface area contributed by atoms with Crippen molar-refractivity contribution in [1.82, 2.24) is 0 Å². The van der Waals surface area contributed by atoms with Gasteiger partial charge in [0.05, 0.1) is 18.1 Å². The molecule has 1 aliphatic rings. The summed E-state index contributed by atoms with van der Waals surface area (Å²) < 4.78 is 57.5. The fourth-order valence-electron chi connectivity index (χ4n) is 2.52. The standard InChI is InChI=1S/C16H12F4O/c17-15(10-5-7-11(8-6-10)16(18,19)20)13-9-21-14-4-2-1-3-12(13)14/h1-8,13,15H,9H2. The summed E-state index contributed by atoms with van der Waals surface area (Å²) in [6.45, 7) is 0.196. The van der Waals surface area contributed by atoms with Crippen molar-refractivity contribution in [3.05, 3.63) is 65.2 Å². The van der Waals surface area contributed by atoms with Crippen molar-refractivity contribution in [3.63, 3.8) is 0 Å². The molecule has 1 nitrogen and oxygen atoms in total. The van der Waals surface area contributed by atoms with Gasteiger partial charge < -0.3 is 4.74 Å². The Hall–Kier alpha value is -2.04. The molecule has 0 bridgehead atoms. The third-order valence-corrected chi connectivity index (χ3v) is 3.65. The molecular formula is C16H12F4O. The molecule has 2 atom stereocenters. The zero-order valence-electron chi connectivity index (χ0n) is 10.9. The van der Waals surface area contributed by atoms with Crippen LogP contribution in [0.2, 0.25) is 0 Å². The number of halogens is 4. The number of para-hydroxylation sites is 1. The maximum atomic E-state index is 14.6. The van der Waals surface area contributed by atoms with E-state index in [0.717, 1.165) is 17.7 Å². The minimum absolute atomic E-state index is 0.196. The third kappa shape index (κ3) is 2.60. The minimum Gasteiger partial charge on any atom is -0.493 e. The monoisotopic (exact) mass is 296 g/mol. The van der Waals surface area contributed by atoms with Gasteiger partial charge in [-0.1, -0.05) is 30.3 Å². The summed E-state index contributed by atoms with van der Waals surface area (Å²) in [4.78, 5) is 0. The van der Waals surface area contributed by atoms with Gasteiger partial charge in [0.2, 0.25) is 0 Å². The van der Waals surface area contributed by atoms with E-state index in [-0.39, 0.29) is 12.2 Å². The van der Waals surface area contributed by atoms with Crippen molar-refractivity contribution in [2.75, 3.05) is 6.61 Å². The molecule has 2 unspecified atom stereocenters. The quantitative estimate of drug-likeness (QED) is 0.717. The number of fused-ring (bicyclic) bond motifs is 1. The Labute approximate surface area is 119 Å². The SMILES string of the molecule is FC(c1ccc(C(F)(F)F)cc1)C1COc2ccccc21. The van der Waals surface area contributed by atoms with Crippen LogP contribution in [-0.2, 0) is 6.18 Å². The molecule has 0 spiro atoms. The Balaban J connectivity index is 1.85. The molecule has 110 valence electrons. The van der Waals surface area contributed by atoms with Crippen LogP contribution in [0.1, 0.15) is 28.8 Å². The normalized spacial score (nSPS) is 19.0. The Morgan fingerprint density at radius 2 is 1.67 bits per heavy atom. The first-order chi connectivity index (χ1) is 9.97. The van der Waals surface area contributed by atoms with Gasteiger partial charge in [0, 0.05) is 5.56 Å². The topological polar surface area (TPSA) is 9.23 Å². The van der Waals surface area contributed by atoms with Crippen molar-refractivity contribution in [1.29, 1.82) is 0 Å². The van der Waals surface area contributed by atoms with E-state index in [1.165, 1.54) is 12.1 Å². The fraction of sp³-hybridized carbons (Fsp3) is 0.250. The highest BCUT2D eigenvalue weighted by molar-refractivity contribution is 5.42. The Morgan fingerprint density at radius 1 is 1.00 bits per heavy atom. The van der Waals surface area contributed by atoms with E-state index in [1.54, 1.807) is 24.3 Å². The zero-order valence-corrected chi connectivity index (χ0v) is 10.9. The van der Waals surface area contributed by atoms with E-state index in [1.807, 2.05) is 0 Å². The first-order valence-corrected chi connectivity index (χ1v) is 6.50. The molecule has 2 aromatic rings. The average molecular weight is 296 g/mol. The summed E-state index contributed by atoms with van der Waals surface area (Å²) >= 11 is 0. The highest BCUT2D eigenvalue weighted by Gasteiger charge is 2.34. The van der Waals surface area contributed by atoms with Gasteiger partial charge in [-0.05, 0) is 23.8 Å². The smallest absolute Gasteiger partial charge is 0.416 e. The molecule has 0 aromatic heterocycles. The van der Waals surface area contributed by atoms with Gasteiger partial charge in [0.15, 0.2) is 0 Å². The molecule has 3 rings (SSSR count). The Morgan fingerprint density at radius 3 is 2.33 bits per heavy atom. The van der Waals surface area contributed by atoms with Gasteiger partial charge in [-0.3, -0.25) is 0 Å². The second-order valence-corrected chi connectivity index (χ2v) is 4.98. The van der Waals surface area contributed by atoms with E-state index in [4.69, 9.17) is 4.74 Å². The number of hydrogen-bond acceptors (Lipinski definition) is 1. The summed E-state index contributed by atoms with van der Waals surface area (Å²) in [6.07, 6.45) is -5.80. The van der Waals surface area contributed by atoms with Crippen LogP contribution in [0.25, 0.3) is 0 Å². The molecule has 21 heavy (non-hydrogen) atoms. The summed E-state index contributed by atoms with van der Waals surface area (Å²) in [6, 6.07) is 11.3. The van der Waals surface area contributed by atoms with Crippen LogP contribution < -0.4 is 4.74 Å². The number of ether oxygens (including phenoxy) is 1. The molecule has 5 heteroatoms. The molecule has 0 saturated heterocycles. The van der Waals surface area contributed by atoms with E-state index in [9.17, 15) is 17.6 Å². The zero-order chi connectivity index (χ0) is 15.0. The van der Waals surface area contributed by atoms with Crippen LogP contribution in [0.4, 0.5) is 17.6 Å². The molecule has 0 saturated carbocycles. The van der Waals surface area contributed by atoms with Crippen LogP contribution >= 0.6 is 0 Å². The number of alkyl halides is 4. The van der Waals surface area contributed by atoms with Crippen LogP contribution in [0.3, 0.4) is 0 Å². The molecule has 1 aliphatic heterocycles. The Kier molecular flexibility index (Phi) is 3.35. The maximum absolute atomic E-state index is 14.6. The van der Waals surface area contributed by atoms with Crippen molar-refractivity contribution in [3.8, 4) is 5.75 Å². The Bertz CT molecular complexity index is 633. The number of hydrogen-bond donors (Lipinski definition) is 0. The summed E-state index contributed by atoms with van der Waals surface area (Å²) in [7, 11) is 0. The summed E-state index contributed by atoms with van der Waals surface area (Å²) in [5.41, 5.74) is 0.208. The van der Waals surface area contributed by atoms with Gasteiger partial charge in [-0.25, -0.2) is 4.39 Å². The maximum Gasteiger partial charge on any atom is 0.416 e. The third-order valence-electron chi connectivity index (χ3n) is 3.65. The van der Waals surface area contributed by atoms with Crippen molar-refractivity contribution in [2.24, 2.45) is 0 Å².